The zero-order chi connectivity index (χ0) is 16.6. The fraction of sp³-hybridized carbons (Fsp3) is 0.550. The lowest BCUT2D eigenvalue weighted by Gasteiger charge is -2.44. The summed E-state index contributed by atoms with van der Waals surface area (Å²) < 4.78 is 5.60. The van der Waals surface area contributed by atoms with E-state index in [0.29, 0.717) is 12.3 Å². The molecule has 0 amide bonds. The second-order valence-corrected chi connectivity index (χ2v) is 7.21. The molecule has 2 aliphatic rings. The van der Waals surface area contributed by atoms with E-state index in [1.165, 1.54) is 16.7 Å². The molecule has 1 heterocycles. The number of carbonyl (C=O) groups is 1. The average Bonchev–Trinajstić information content (AvgIpc) is 2.49. The Balaban J connectivity index is 2.25. The van der Waals surface area contributed by atoms with Gasteiger partial charge in [0.2, 0.25) is 0 Å². The van der Waals surface area contributed by atoms with Crippen LogP contribution in [0, 0.1) is 12.8 Å². The smallest absolute Gasteiger partial charge is 0.155 e. The van der Waals surface area contributed by atoms with Crippen LogP contribution >= 0.6 is 0 Å². The molecule has 0 radical (unpaired) electrons. The van der Waals surface area contributed by atoms with E-state index < -0.39 is 0 Å². The molecule has 0 unspecified atom stereocenters. The first-order valence-electron chi connectivity index (χ1n) is 8.55. The van der Waals surface area contributed by atoms with Gasteiger partial charge in [-0.3, -0.25) is 4.79 Å². The van der Waals surface area contributed by atoms with Crippen molar-refractivity contribution in [3.8, 4) is 5.75 Å². The Bertz CT molecular complexity index is 649. The quantitative estimate of drug-likeness (QED) is 0.793. The standard InChI is InChI=1S/C20H27NO2/c1-14-12-17(22)8-10-20(14)9-5-11-21(3)13-16-6-7-18(23-4)15(2)19(16)20/h6-8,10,14H,5,9,11-13H2,1-4H3/t14-,20+/m0/s1. The molecular weight excluding hydrogens is 286 g/mol. The van der Waals surface area contributed by atoms with E-state index >= 15 is 0 Å². The van der Waals surface area contributed by atoms with E-state index in [9.17, 15) is 4.79 Å². The number of nitrogens with zero attached hydrogens (tertiary/aromatic N) is 1. The average molecular weight is 313 g/mol. The lowest BCUT2D eigenvalue weighted by atomic mass is 9.61. The Morgan fingerprint density at radius 3 is 2.83 bits per heavy atom. The maximum atomic E-state index is 11.9. The van der Waals surface area contributed by atoms with Gasteiger partial charge in [0, 0.05) is 18.4 Å². The van der Waals surface area contributed by atoms with Gasteiger partial charge in [-0.1, -0.05) is 19.1 Å². The molecule has 3 nitrogen and oxygen atoms in total. The third kappa shape index (κ3) is 2.72. The first-order chi connectivity index (χ1) is 11.0. The van der Waals surface area contributed by atoms with Crippen molar-refractivity contribution in [1.29, 1.82) is 0 Å². The third-order valence-electron chi connectivity index (χ3n) is 5.71. The molecule has 124 valence electrons. The highest BCUT2D eigenvalue weighted by Gasteiger charge is 2.42. The molecule has 1 aliphatic carbocycles. The molecule has 0 saturated carbocycles. The van der Waals surface area contributed by atoms with Crippen LogP contribution in [0.4, 0.5) is 0 Å². The van der Waals surface area contributed by atoms with E-state index in [2.05, 4.69) is 44.0 Å². The third-order valence-corrected chi connectivity index (χ3v) is 5.71. The van der Waals surface area contributed by atoms with Gasteiger partial charge in [-0.15, -0.1) is 0 Å². The number of carbonyl (C=O) groups excluding carboxylic acids is 1. The summed E-state index contributed by atoms with van der Waals surface area (Å²) in [5, 5.41) is 0. The minimum atomic E-state index is -0.0386. The highest BCUT2D eigenvalue weighted by molar-refractivity contribution is 5.91. The van der Waals surface area contributed by atoms with E-state index in [1.54, 1.807) is 7.11 Å². The Hall–Kier alpha value is -1.61. The van der Waals surface area contributed by atoms with Gasteiger partial charge < -0.3 is 9.64 Å². The van der Waals surface area contributed by atoms with Crippen molar-refractivity contribution in [2.45, 2.75) is 45.1 Å². The molecule has 1 spiro atoms. The van der Waals surface area contributed by atoms with E-state index in [0.717, 1.165) is 31.7 Å². The number of rotatable bonds is 1. The number of ether oxygens (including phenoxy) is 1. The van der Waals surface area contributed by atoms with Crippen LogP contribution in [0.5, 0.6) is 5.75 Å². The lowest BCUT2D eigenvalue weighted by Crippen LogP contribution is -2.40. The fourth-order valence-corrected chi connectivity index (χ4v) is 4.50. The summed E-state index contributed by atoms with van der Waals surface area (Å²) in [6.07, 6.45) is 6.88. The lowest BCUT2D eigenvalue weighted by molar-refractivity contribution is -0.116. The molecular formula is C20H27NO2. The second kappa shape index (κ2) is 6.12. The van der Waals surface area contributed by atoms with Crippen molar-refractivity contribution in [3.05, 3.63) is 41.0 Å². The normalized spacial score (nSPS) is 28.3. The van der Waals surface area contributed by atoms with Crippen LogP contribution in [0.15, 0.2) is 24.3 Å². The zero-order valence-electron chi connectivity index (χ0n) is 14.7. The topological polar surface area (TPSA) is 29.5 Å². The van der Waals surface area contributed by atoms with Crippen molar-refractivity contribution >= 4 is 5.78 Å². The van der Waals surface area contributed by atoms with Gasteiger partial charge in [-0.2, -0.15) is 0 Å². The Kier molecular flexibility index (Phi) is 4.33. The molecule has 0 N–H and O–H groups in total. The summed E-state index contributed by atoms with van der Waals surface area (Å²) in [5.74, 6) is 1.53. The van der Waals surface area contributed by atoms with Gasteiger partial charge in [0.15, 0.2) is 5.78 Å². The molecule has 1 aromatic carbocycles. The number of ketones is 1. The summed E-state index contributed by atoms with van der Waals surface area (Å²) in [5.41, 5.74) is 3.95. The minimum absolute atomic E-state index is 0.0386. The molecule has 3 rings (SSSR count). The van der Waals surface area contributed by atoms with Gasteiger partial charge in [-0.25, -0.2) is 0 Å². The number of hydrogen-bond donors (Lipinski definition) is 0. The van der Waals surface area contributed by atoms with Crippen LogP contribution in [0.3, 0.4) is 0 Å². The minimum Gasteiger partial charge on any atom is -0.496 e. The highest BCUT2D eigenvalue weighted by Crippen LogP contribution is 2.48. The molecule has 0 saturated heterocycles. The van der Waals surface area contributed by atoms with E-state index in [4.69, 9.17) is 4.74 Å². The SMILES string of the molecule is COc1ccc2c(c1C)[C@@]1(C=CC(=O)C[C@@H]1C)CCCN(C)C2. The molecule has 0 aromatic heterocycles. The van der Waals surface area contributed by atoms with Crippen molar-refractivity contribution < 1.29 is 9.53 Å². The summed E-state index contributed by atoms with van der Waals surface area (Å²) >= 11 is 0. The number of benzene rings is 1. The largest absolute Gasteiger partial charge is 0.496 e. The van der Waals surface area contributed by atoms with Gasteiger partial charge >= 0.3 is 0 Å². The maximum Gasteiger partial charge on any atom is 0.155 e. The van der Waals surface area contributed by atoms with Gasteiger partial charge in [0.25, 0.3) is 0 Å². The van der Waals surface area contributed by atoms with E-state index in [1.807, 2.05) is 6.08 Å². The van der Waals surface area contributed by atoms with Crippen LogP contribution in [-0.2, 0) is 16.8 Å². The van der Waals surface area contributed by atoms with Crippen LogP contribution in [0.1, 0.15) is 42.9 Å². The number of methoxy groups -OCH3 is 1. The summed E-state index contributed by atoms with van der Waals surface area (Å²) in [7, 11) is 3.92. The monoisotopic (exact) mass is 313 g/mol. The van der Waals surface area contributed by atoms with Crippen molar-refractivity contribution in [3.63, 3.8) is 0 Å². The zero-order valence-corrected chi connectivity index (χ0v) is 14.7. The number of allylic oxidation sites excluding steroid dienone is 2. The van der Waals surface area contributed by atoms with Gasteiger partial charge in [-0.05, 0) is 68.1 Å². The van der Waals surface area contributed by atoms with Crippen LogP contribution in [0.2, 0.25) is 0 Å². The van der Waals surface area contributed by atoms with Gasteiger partial charge in [0.05, 0.1) is 7.11 Å². The fourth-order valence-electron chi connectivity index (χ4n) is 4.50. The molecule has 0 fully saturated rings. The summed E-state index contributed by atoms with van der Waals surface area (Å²) in [6.45, 7) is 6.45. The van der Waals surface area contributed by atoms with E-state index in [-0.39, 0.29) is 11.2 Å². The predicted octanol–water partition coefficient (Wildman–Crippen LogP) is 3.63. The Morgan fingerprint density at radius 1 is 1.35 bits per heavy atom. The second-order valence-electron chi connectivity index (χ2n) is 7.21. The predicted molar refractivity (Wildman–Crippen MR) is 92.9 cm³/mol. The molecule has 23 heavy (non-hydrogen) atoms. The highest BCUT2D eigenvalue weighted by atomic mass is 16.5. The van der Waals surface area contributed by atoms with Crippen LogP contribution in [0.25, 0.3) is 0 Å². The van der Waals surface area contributed by atoms with Crippen molar-refractivity contribution in [2.75, 3.05) is 20.7 Å². The first-order valence-corrected chi connectivity index (χ1v) is 8.55. The summed E-state index contributed by atoms with van der Waals surface area (Å²) in [6, 6.07) is 4.29. The maximum absolute atomic E-state index is 11.9. The number of hydrogen-bond acceptors (Lipinski definition) is 3. The van der Waals surface area contributed by atoms with Crippen LogP contribution < -0.4 is 4.74 Å². The van der Waals surface area contributed by atoms with Crippen LogP contribution in [-0.4, -0.2) is 31.4 Å². The first kappa shape index (κ1) is 16.3. The molecule has 2 atom stereocenters. The Labute approximate surface area is 139 Å². The number of fused-ring (bicyclic) bond motifs is 2. The van der Waals surface area contributed by atoms with Crippen molar-refractivity contribution in [2.24, 2.45) is 5.92 Å². The van der Waals surface area contributed by atoms with Gasteiger partial charge in [0.1, 0.15) is 5.75 Å². The summed E-state index contributed by atoms with van der Waals surface area (Å²) in [4.78, 5) is 14.3. The molecule has 1 aromatic rings. The molecule has 0 bridgehead atoms. The van der Waals surface area contributed by atoms with Crippen molar-refractivity contribution in [1.82, 2.24) is 4.90 Å². The Morgan fingerprint density at radius 2 is 2.13 bits per heavy atom. The molecule has 3 heteroatoms. The molecule has 1 aliphatic heterocycles.